The average Bonchev–Trinajstić information content (AvgIpc) is 2.96. The van der Waals surface area contributed by atoms with Gasteiger partial charge in [0.1, 0.15) is 12.0 Å². The lowest BCUT2D eigenvalue weighted by Gasteiger charge is -2.24. The van der Waals surface area contributed by atoms with E-state index in [-0.39, 0.29) is 6.10 Å². The van der Waals surface area contributed by atoms with E-state index in [1.807, 2.05) is 13.8 Å². The van der Waals surface area contributed by atoms with Crippen molar-refractivity contribution >= 4 is 11.5 Å². The van der Waals surface area contributed by atoms with Crippen molar-refractivity contribution in [1.82, 2.24) is 9.97 Å². The summed E-state index contributed by atoms with van der Waals surface area (Å²) < 4.78 is 5.60. The van der Waals surface area contributed by atoms with E-state index in [9.17, 15) is 0 Å². The Bertz CT molecular complexity index is 463. The zero-order valence-corrected chi connectivity index (χ0v) is 11.6. The van der Waals surface area contributed by atoms with Gasteiger partial charge in [0.25, 0.3) is 0 Å². The second-order valence-corrected chi connectivity index (χ2v) is 6.03. The number of fused-ring (bicyclic) bond motifs is 2. The molecular weight excluding hydrogens is 240 g/mol. The van der Waals surface area contributed by atoms with E-state index < -0.39 is 0 Å². The Morgan fingerprint density at radius 2 is 2.16 bits per heavy atom. The summed E-state index contributed by atoms with van der Waals surface area (Å²) in [5, 5.41) is 3.50. The number of nitrogen functional groups attached to an aromatic ring is 1. The van der Waals surface area contributed by atoms with Crippen molar-refractivity contribution in [3.8, 4) is 5.88 Å². The van der Waals surface area contributed by atoms with Crippen LogP contribution in [0.3, 0.4) is 0 Å². The van der Waals surface area contributed by atoms with Gasteiger partial charge in [0.2, 0.25) is 5.88 Å². The molecule has 2 fully saturated rings. The third kappa shape index (κ3) is 2.46. The minimum absolute atomic E-state index is 0.0625. The van der Waals surface area contributed by atoms with E-state index in [1.54, 1.807) is 0 Å². The summed E-state index contributed by atoms with van der Waals surface area (Å²) in [6, 6.07) is 0.517. The van der Waals surface area contributed by atoms with Crippen LogP contribution in [-0.2, 0) is 0 Å². The van der Waals surface area contributed by atoms with Crippen LogP contribution in [0.2, 0.25) is 0 Å². The number of aromatic nitrogens is 2. The number of hydrogen-bond donors (Lipinski definition) is 2. The minimum Gasteiger partial charge on any atom is -0.473 e. The summed E-state index contributed by atoms with van der Waals surface area (Å²) in [5.74, 6) is 2.89. The van der Waals surface area contributed by atoms with Gasteiger partial charge in [-0.15, -0.1) is 0 Å². The molecule has 104 valence electrons. The highest BCUT2D eigenvalue weighted by Crippen LogP contribution is 2.45. The Hall–Kier alpha value is -1.52. The first-order valence-electron chi connectivity index (χ1n) is 7.17. The van der Waals surface area contributed by atoms with E-state index in [0.717, 1.165) is 17.7 Å². The van der Waals surface area contributed by atoms with Crippen LogP contribution in [0.15, 0.2) is 6.33 Å². The van der Waals surface area contributed by atoms with Gasteiger partial charge in [0.15, 0.2) is 5.82 Å². The highest BCUT2D eigenvalue weighted by atomic mass is 16.5. The lowest BCUT2D eigenvalue weighted by Crippen LogP contribution is -2.27. The zero-order chi connectivity index (χ0) is 13.4. The van der Waals surface area contributed by atoms with Gasteiger partial charge in [-0.3, -0.25) is 0 Å². The molecule has 1 heterocycles. The van der Waals surface area contributed by atoms with Crippen LogP contribution in [0.1, 0.15) is 39.5 Å². The third-order valence-corrected chi connectivity index (χ3v) is 4.25. The molecule has 0 saturated heterocycles. The molecule has 2 aliphatic rings. The van der Waals surface area contributed by atoms with Crippen LogP contribution in [0, 0.1) is 11.8 Å². The third-order valence-electron chi connectivity index (χ3n) is 4.25. The molecular formula is C14H22N4O. The molecule has 3 atom stereocenters. The summed E-state index contributed by atoms with van der Waals surface area (Å²) in [5.41, 5.74) is 6.62. The van der Waals surface area contributed by atoms with Crippen LogP contribution in [-0.4, -0.2) is 22.1 Å². The Kier molecular flexibility index (Phi) is 3.21. The van der Waals surface area contributed by atoms with Crippen LogP contribution >= 0.6 is 0 Å². The molecule has 2 saturated carbocycles. The summed E-state index contributed by atoms with van der Waals surface area (Å²) in [6.07, 6.45) is 6.91. The van der Waals surface area contributed by atoms with Gasteiger partial charge in [-0.1, -0.05) is 6.42 Å². The number of nitrogens with zero attached hydrogens (tertiary/aromatic N) is 2. The number of anilines is 2. The van der Waals surface area contributed by atoms with Crippen molar-refractivity contribution in [1.29, 1.82) is 0 Å². The van der Waals surface area contributed by atoms with Gasteiger partial charge in [-0.05, 0) is 44.9 Å². The van der Waals surface area contributed by atoms with E-state index >= 15 is 0 Å². The van der Waals surface area contributed by atoms with Gasteiger partial charge in [-0.25, -0.2) is 4.98 Å². The minimum atomic E-state index is 0.0625. The van der Waals surface area contributed by atoms with Gasteiger partial charge in [-0.2, -0.15) is 4.98 Å². The van der Waals surface area contributed by atoms with Gasteiger partial charge >= 0.3 is 0 Å². The van der Waals surface area contributed by atoms with E-state index in [4.69, 9.17) is 10.5 Å². The number of nitrogens with one attached hydrogen (secondary N) is 1. The molecule has 2 bridgehead atoms. The fraction of sp³-hybridized carbons (Fsp3) is 0.714. The van der Waals surface area contributed by atoms with Crippen LogP contribution in [0.5, 0.6) is 5.88 Å². The molecule has 1 aromatic rings. The molecule has 19 heavy (non-hydrogen) atoms. The number of hydrogen-bond acceptors (Lipinski definition) is 5. The quantitative estimate of drug-likeness (QED) is 0.872. The Morgan fingerprint density at radius 1 is 1.32 bits per heavy atom. The summed E-state index contributed by atoms with van der Waals surface area (Å²) in [7, 11) is 0. The van der Waals surface area contributed by atoms with E-state index in [0.29, 0.717) is 17.6 Å². The molecule has 1 aromatic heterocycles. The smallest absolute Gasteiger partial charge is 0.242 e. The molecule has 5 heteroatoms. The standard InChI is InChI=1S/C14H22N4O/c1-8(2)19-14-12(15)13(16-7-17-14)18-11-6-9-3-4-10(11)5-9/h7-11H,3-6,15H2,1-2H3,(H,16,17,18). The first kappa shape index (κ1) is 12.5. The second kappa shape index (κ2) is 4.87. The maximum atomic E-state index is 6.10. The summed E-state index contributed by atoms with van der Waals surface area (Å²) in [6.45, 7) is 3.93. The molecule has 3 N–H and O–H groups in total. The fourth-order valence-electron chi connectivity index (χ4n) is 3.41. The number of ether oxygens (including phenoxy) is 1. The first-order chi connectivity index (χ1) is 9.13. The monoisotopic (exact) mass is 262 g/mol. The van der Waals surface area contributed by atoms with Crippen LogP contribution < -0.4 is 15.8 Å². The molecule has 0 amide bonds. The Morgan fingerprint density at radius 3 is 2.79 bits per heavy atom. The highest BCUT2D eigenvalue weighted by molar-refractivity contribution is 5.66. The lowest BCUT2D eigenvalue weighted by molar-refractivity contribution is 0.234. The predicted octanol–water partition coefficient (Wildman–Crippen LogP) is 2.45. The second-order valence-electron chi connectivity index (χ2n) is 6.03. The maximum Gasteiger partial charge on any atom is 0.242 e. The van der Waals surface area contributed by atoms with Gasteiger partial charge < -0.3 is 15.8 Å². The SMILES string of the molecule is CC(C)Oc1ncnc(NC2CC3CCC2C3)c1N. The molecule has 0 aromatic carbocycles. The molecule has 0 aliphatic heterocycles. The molecule has 0 radical (unpaired) electrons. The molecule has 0 spiro atoms. The molecule has 3 unspecified atom stereocenters. The molecule has 3 rings (SSSR count). The van der Waals surface area contributed by atoms with Gasteiger partial charge in [0.05, 0.1) is 6.10 Å². The average molecular weight is 262 g/mol. The predicted molar refractivity (Wildman–Crippen MR) is 75.1 cm³/mol. The lowest BCUT2D eigenvalue weighted by atomic mass is 9.95. The summed E-state index contributed by atoms with van der Waals surface area (Å²) >= 11 is 0. The van der Waals surface area contributed by atoms with Crippen LogP contribution in [0.25, 0.3) is 0 Å². The van der Waals surface area contributed by atoms with Crippen molar-refractivity contribution in [2.24, 2.45) is 11.8 Å². The maximum absolute atomic E-state index is 6.10. The highest BCUT2D eigenvalue weighted by Gasteiger charge is 2.39. The first-order valence-corrected chi connectivity index (χ1v) is 7.17. The van der Waals surface area contributed by atoms with Crippen molar-refractivity contribution in [2.75, 3.05) is 11.1 Å². The van der Waals surface area contributed by atoms with Crippen molar-refractivity contribution in [3.05, 3.63) is 6.33 Å². The number of rotatable bonds is 4. The van der Waals surface area contributed by atoms with Crippen molar-refractivity contribution in [3.63, 3.8) is 0 Å². The largest absolute Gasteiger partial charge is 0.473 e. The van der Waals surface area contributed by atoms with Crippen molar-refractivity contribution < 1.29 is 4.74 Å². The zero-order valence-electron chi connectivity index (χ0n) is 11.6. The van der Waals surface area contributed by atoms with Crippen molar-refractivity contribution in [2.45, 2.75) is 51.7 Å². The topological polar surface area (TPSA) is 73.1 Å². The Labute approximate surface area is 114 Å². The Balaban J connectivity index is 1.74. The summed E-state index contributed by atoms with van der Waals surface area (Å²) in [4.78, 5) is 8.37. The van der Waals surface area contributed by atoms with Crippen LogP contribution in [0.4, 0.5) is 11.5 Å². The fourth-order valence-corrected chi connectivity index (χ4v) is 3.41. The normalized spacial score (nSPS) is 28.9. The number of nitrogens with two attached hydrogens (primary N) is 1. The van der Waals surface area contributed by atoms with E-state index in [1.165, 1.54) is 32.0 Å². The van der Waals surface area contributed by atoms with E-state index in [2.05, 4.69) is 15.3 Å². The molecule has 2 aliphatic carbocycles. The molecule has 5 nitrogen and oxygen atoms in total. The van der Waals surface area contributed by atoms with Gasteiger partial charge in [0, 0.05) is 6.04 Å².